The van der Waals surface area contributed by atoms with Crippen molar-refractivity contribution in [2.75, 3.05) is 50.8 Å². The maximum Gasteiger partial charge on any atom is 0.0642 e. The highest BCUT2D eigenvalue weighted by Crippen LogP contribution is 2.26. The van der Waals surface area contributed by atoms with Crippen LogP contribution in [0.1, 0.15) is 25.3 Å². The van der Waals surface area contributed by atoms with Gasteiger partial charge >= 0.3 is 0 Å². The summed E-state index contributed by atoms with van der Waals surface area (Å²) in [5.74, 6) is 0. The summed E-state index contributed by atoms with van der Waals surface area (Å²) in [6.45, 7) is 11.0. The summed E-state index contributed by atoms with van der Waals surface area (Å²) >= 11 is 0. The van der Waals surface area contributed by atoms with E-state index in [9.17, 15) is 0 Å². The molecule has 3 aliphatic heterocycles. The lowest BCUT2D eigenvalue weighted by molar-refractivity contribution is 0.0540. The second kappa shape index (κ2) is 6.80. The van der Waals surface area contributed by atoms with Gasteiger partial charge in [-0.05, 0) is 44.0 Å². The number of piperazine rings is 1. The third-order valence-electron chi connectivity index (χ3n) is 5.76. The zero-order valence-electron chi connectivity index (χ0n) is 14.3. The largest absolute Gasteiger partial charge is 0.378 e. The highest BCUT2D eigenvalue weighted by atomic mass is 16.5. The maximum absolute atomic E-state index is 5.44. The highest BCUT2D eigenvalue weighted by molar-refractivity contribution is 5.47. The molecule has 0 spiro atoms. The molecule has 1 unspecified atom stereocenters. The number of nitrogens with zero attached hydrogens (tertiary/aromatic N) is 3. The Morgan fingerprint density at radius 3 is 2.61 bits per heavy atom. The van der Waals surface area contributed by atoms with E-state index in [1.54, 1.807) is 0 Å². The second-order valence-corrected chi connectivity index (χ2v) is 7.34. The standard InChI is InChI=1S/C19H29N3O/c1-16-13-21-8-2-3-19(21)15-22(16)14-17-4-6-18(7-5-17)20-9-11-23-12-10-20/h4-7,16,19H,2-3,8-15H2,1H3/t16-,19?/m0/s1. The lowest BCUT2D eigenvalue weighted by atomic mass is 10.1. The number of hydrogen-bond acceptors (Lipinski definition) is 4. The Bertz CT molecular complexity index is 512. The van der Waals surface area contributed by atoms with Crippen molar-refractivity contribution in [3.63, 3.8) is 0 Å². The van der Waals surface area contributed by atoms with Crippen molar-refractivity contribution >= 4 is 5.69 Å². The van der Waals surface area contributed by atoms with Crippen molar-refractivity contribution in [2.45, 2.75) is 38.4 Å². The van der Waals surface area contributed by atoms with Crippen LogP contribution in [0.3, 0.4) is 0 Å². The number of hydrogen-bond donors (Lipinski definition) is 0. The minimum Gasteiger partial charge on any atom is -0.378 e. The Morgan fingerprint density at radius 1 is 1.04 bits per heavy atom. The van der Waals surface area contributed by atoms with Crippen LogP contribution in [0.25, 0.3) is 0 Å². The molecule has 4 rings (SSSR count). The lowest BCUT2D eigenvalue weighted by Gasteiger charge is -2.42. The van der Waals surface area contributed by atoms with Gasteiger partial charge in [0.2, 0.25) is 0 Å². The number of anilines is 1. The van der Waals surface area contributed by atoms with Gasteiger partial charge in [0.15, 0.2) is 0 Å². The molecule has 0 N–H and O–H groups in total. The molecule has 3 saturated heterocycles. The molecule has 4 heteroatoms. The van der Waals surface area contributed by atoms with Crippen LogP contribution in [-0.4, -0.2) is 67.8 Å². The van der Waals surface area contributed by atoms with E-state index in [4.69, 9.17) is 4.74 Å². The quantitative estimate of drug-likeness (QED) is 0.851. The van der Waals surface area contributed by atoms with Gasteiger partial charge in [-0.25, -0.2) is 0 Å². The predicted octanol–water partition coefficient (Wildman–Crippen LogP) is 2.19. The maximum atomic E-state index is 5.44. The molecule has 4 nitrogen and oxygen atoms in total. The molecule has 0 aromatic heterocycles. The van der Waals surface area contributed by atoms with Crippen molar-refractivity contribution in [1.29, 1.82) is 0 Å². The van der Waals surface area contributed by atoms with E-state index in [1.165, 1.54) is 43.7 Å². The fourth-order valence-corrected chi connectivity index (χ4v) is 4.34. The smallest absolute Gasteiger partial charge is 0.0642 e. The first-order valence-electron chi connectivity index (χ1n) is 9.19. The van der Waals surface area contributed by atoms with E-state index in [0.29, 0.717) is 6.04 Å². The van der Waals surface area contributed by atoms with E-state index in [0.717, 1.165) is 38.9 Å². The van der Waals surface area contributed by atoms with Crippen LogP contribution < -0.4 is 4.90 Å². The molecule has 0 aliphatic carbocycles. The molecular weight excluding hydrogens is 286 g/mol. The number of rotatable bonds is 3. The lowest BCUT2D eigenvalue weighted by Crippen LogP contribution is -2.54. The van der Waals surface area contributed by atoms with Gasteiger partial charge in [0.25, 0.3) is 0 Å². The molecule has 23 heavy (non-hydrogen) atoms. The fraction of sp³-hybridized carbons (Fsp3) is 0.684. The number of benzene rings is 1. The average Bonchev–Trinajstić information content (AvgIpc) is 3.04. The van der Waals surface area contributed by atoms with Gasteiger partial charge in [0, 0.05) is 50.5 Å². The zero-order chi connectivity index (χ0) is 15.6. The molecule has 0 saturated carbocycles. The fourth-order valence-electron chi connectivity index (χ4n) is 4.34. The second-order valence-electron chi connectivity index (χ2n) is 7.34. The van der Waals surface area contributed by atoms with E-state index >= 15 is 0 Å². The highest BCUT2D eigenvalue weighted by Gasteiger charge is 2.34. The van der Waals surface area contributed by atoms with Crippen LogP contribution in [0.15, 0.2) is 24.3 Å². The summed E-state index contributed by atoms with van der Waals surface area (Å²) in [6, 6.07) is 10.7. The molecule has 0 radical (unpaired) electrons. The van der Waals surface area contributed by atoms with Gasteiger partial charge in [0.1, 0.15) is 0 Å². The van der Waals surface area contributed by atoms with Crippen LogP contribution in [0.4, 0.5) is 5.69 Å². The minimum atomic E-state index is 0.670. The average molecular weight is 315 g/mol. The first-order valence-corrected chi connectivity index (χ1v) is 9.19. The van der Waals surface area contributed by atoms with Gasteiger partial charge in [-0.2, -0.15) is 0 Å². The monoisotopic (exact) mass is 315 g/mol. The van der Waals surface area contributed by atoms with Crippen molar-refractivity contribution < 1.29 is 4.74 Å². The molecule has 3 aliphatic rings. The SMILES string of the molecule is C[C@H]1CN2CCCC2CN1Cc1ccc(N2CCOCC2)cc1. The van der Waals surface area contributed by atoms with E-state index in [1.807, 2.05) is 0 Å². The first-order chi connectivity index (χ1) is 11.3. The molecule has 3 fully saturated rings. The van der Waals surface area contributed by atoms with Crippen LogP contribution >= 0.6 is 0 Å². The van der Waals surface area contributed by atoms with Gasteiger partial charge in [-0.1, -0.05) is 12.1 Å². The van der Waals surface area contributed by atoms with E-state index in [2.05, 4.69) is 45.9 Å². The Kier molecular flexibility index (Phi) is 4.56. The zero-order valence-corrected chi connectivity index (χ0v) is 14.3. The molecular formula is C19H29N3O. The van der Waals surface area contributed by atoms with Gasteiger partial charge < -0.3 is 9.64 Å². The number of morpholine rings is 1. The third-order valence-corrected chi connectivity index (χ3v) is 5.76. The van der Waals surface area contributed by atoms with Crippen LogP contribution in [0.5, 0.6) is 0 Å². The van der Waals surface area contributed by atoms with Gasteiger partial charge in [-0.3, -0.25) is 9.80 Å². The van der Waals surface area contributed by atoms with Crippen molar-refractivity contribution in [3.05, 3.63) is 29.8 Å². The summed E-state index contributed by atoms with van der Waals surface area (Å²) in [5.41, 5.74) is 2.78. The van der Waals surface area contributed by atoms with Crippen LogP contribution in [0, 0.1) is 0 Å². The van der Waals surface area contributed by atoms with Gasteiger partial charge in [-0.15, -0.1) is 0 Å². The molecule has 0 bridgehead atoms. The molecule has 2 atom stereocenters. The van der Waals surface area contributed by atoms with E-state index < -0.39 is 0 Å². The summed E-state index contributed by atoms with van der Waals surface area (Å²) in [7, 11) is 0. The topological polar surface area (TPSA) is 19.0 Å². The Labute approximate surface area is 140 Å². The summed E-state index contributed by atoms with van der Waals surface area (Å²) in [4.78, 5) is 7.80. The molecule has 0 amide bonds. The van der Waals surface area contributed by atoms with Crippen molar-refractivity contribution in [2.24, 2.45) is 0 Å². The Hall–Kier alpha value is -1.10. The van der Waals surface area contributed by atoms with Crippen molar-refractivity contribution in [3.8, 4) is 0 Å². The number of ether oxygens (including phenoxy) is 1. The van der Waals surface area contributed by atoms with Gasteiger partial charge in [0.05, 0.1) is 13.2 Å². The third kappa shape index (κ3) is 3.39. The number of fused-ring (bicyclic) bond motifs is 1. The predicted molar refractivity (Wildman–Crippen MR) is 93.9 cm³/mol. The Balaban J connectivity index is 1.38. The normalized spacial score (nSPS) is 29.7. The van der Waals surface area contributed by atoms with E-state index in [-0.39, 0.29) is 0 Å². The minimum absolute atomic E-state index is 0.670. The van der Waals surface area contributed by atoms with Crippen LogP contribution in [-0.2, 0) is 11.3 Å². The summed E-state index contributed by atoms with van der Waals surface area (Å²) in [6.07, 6.45) is 2.78. The van der Waals surface area contributed by atoms with Crippen molar-refractivity contribution in [1.82, 2.24) is 9.80 Å². The molecule has 126 valence electrons. The Morgan fingerprint density at radius 2 is 1.83 bits per heavy atom. The molecule has 1 aromatic carbocycles. The summed E-state index contributed by atoms with van der Waals surface area (Å²) < 4.78 is 5.44. The molecule has 3 heterocycles. The summed E-state index contributed by atoms with van der Waals surface area (Å²) in [5, 5.41) is 0. The molecule has 1 aromatic rings. The van der Waals surface area contributed by atoms with Crippen LogP contribution in [0.2, 0.25) is 0 Å². The first kappa shape index (κ1) is 15.4.